The number of alkyl carbamates (subject to hydrolysis) is 1. The highest BCUT2D eigenvalue weighted by Gasteiger charge is 2.38. The first-order chi connectivity index (χ1) is 10.4. The molecule has 0 aromatic heterocycles. The van der Waals surface area contributed by atoms with Crippen LogP contribution < -0.4 is 16.0 Å². The smallest absolute Gasteiger partial charge is 0.444 e. The van der Waals surface area contributed by atoms with E-state index in [1.807, 2.05) is 0 Å². The van der Waals surface area contributed by atoms with Crippen LogP contribution in [0, 0.1) is 0 Å². The van der Waals surface area contributed by atoms with Gasteiger partial charge in [-0.05, 0) is 27.2 Å². The van der Waals surface area contributed by atoms with Gasteiger partial charge in [-0.2, -0.15) is 13.2 Å². The summed E-state index contributed by atoms with van der Waals surface area (Å²) in [6.45, 7) is 5.11. The number of ether oxygens (including phenoxy) is 1. The average Bonchev–Trinajstić information content (AvgIpc) is 2.34. The maximum Gasteiger partial charge on any atom is 0.471 e. The number of rotatable bonds is 7. The van der Waals surface area contributed by atoms with Crippen LogP contribution in [0.3, 0.4) is 0 Å². The van der Waals surface area contributed by atoms with E-state index < -0.39 is 23.8 Å². The molecule has 3 N–H and O–H groups in total. The van der Waals surface area contributed by atoms with E-state index in [0.29, 0.717) is 0 Å². The summed E-state index contributed by atoms with van der Waals surface area (Å²) < 4.78 is 40.6. The van der Waals surface area contributed by atoms with Crippen molar-refractivity contribution in [1.29, 1.82) is 0 Å². The lowest BCUT2D eigenvalue weighted by Gasteiger charge is -2.19. The van der Waals surface area contributed by atoms with Crippen molar-refractivity contribution in [2.45, 2.75) is 45.4 Å². The molecule has 0 rings (SSSR count). The number of amides is 3. The van der Waals surface area contributed by atoms with Crippen molar-refractivity contribution in [3.8, 4) is 0 Å². The molecule has 3 amide bonds. The summed E-state index contributed by atoms with van der Waals surface area (Å²) in [4.78, 5) is 33.2. The van der Waals surface area contributed by atoms with Gasteiger partial charge in [0.15, 0.2) is 0 Å². The average molecular weight is 341 g/mol. The molecule has 0 bridgehead atoms. The topological polar surface area (TPSA) is 96.5 Å². The van der Waals surface area contributed by atoms with Crippen molar-refractivity contribution in [3.05, 3.63) is 0 Å². The molecule has 0 fully saturated rings. The molecule has 0 aliphatic rings. The first-order valence-corrected chi connectivity index (χ1v) is 7.00. The van der Waals surface area contributed by atoms with Crippen molar-refractivity contribution in [3.63, 3.8) is 0 Å². The van der Waals surface area contributed by atoms with E-state index in [1.54, 1.807) is 26.1 Å². The highest BCUT2D eigenvalue weighted by atomic mass is 19.4. The Labute approximate surface area is 132 Å². The normalized spacial score (nSPS) is 11.6. The molecule has 0 radical (unpaired) electrons. The largest absolute Gasteiger partial charge is 0.471 e. The van der Waals surface area contributed by atoms with Gasteiger partial charge in [0.05, 0.1) is 0 Å². The summed E-state index contributed by atoms with van der Waals surface area (Å²) in [6, 6.07) is 0. The van der Waals surface area contributed by atoms with Gasteiger partial charge >= 0.3 is 18.2 Å². The van der Waals surface area contributed by atoms with Crippen LogP contribution in [0.15, 0.2) is 0 Å². The molecule has 0 atom stereocenters. The predicted octanol–water partition coefficient (Wildman–Crippen LogP) is 1.09. The monoisotopic (exact) mass is 341 g/mol. The molecule has 0 spiro atoms. The number of nitrogens with one attached hydrogen (secondary N) is 3. The summed E-state index contributed by atoms with van der Waals surface area (Å²) in [7, 11) is 0. The number of halogens is 3. The first-order valence-electron chi connectivity index (χ1n) is 7.00. The molecule has 0 aromatic carbocycles. The van der Waals surface area contributed by atoms with Crippen LogP contribution in [-0.4, -0.2) is 49.3 Å². The summed E-state index contributed by atoms with van der Waals surface area (Å²) in [5.41, 5.74) is -0.632. The van der Waals surface area contributed by atoms with E-state index in [0.717, 1.165) is 0 Å². The van der Waals surface area contributed by atoms with Crippen molar-refractivity contribution in [2.24, 2.45) is 0 Å². The van der Waals surface area contributed by atoms with Crippen LogP contribution in [0.4, 0.5) is 18.0 Å². The minimum absolute atomic E-state index is 0.00809. The fraction of sp³-hybridized carbons (Fsp3) is 0.769. The van der Waals surface area contributed by atoms with Gasteiger partial charge in [0.25, 0.3) is 0 Å². The molecule has 0 saturated heterocycles. The molecule has 0 aliphatic carbocycles. The molecular weight excluding hydrogens is 319 g/mol. The quantitative estimate of drug-likeness (QED) is 0.604. The van der Waals surface area contributed by atoms with Crippen LogP contribution in [0.25, 0.3) is 0 Å². The fourth-order valence-electron chi connectivity index (χ4n) is 1.30. The molecule has 7 nitrogen and oxygen atoms in total. The first kappa shape index (κ1) is 21.0. The Balaban J connectivity index is 3.66. The summed E-state index contributed by atoms with van der Waals surface area (Å²) in [5, 5.41) is 6.54. The summed E-state index contributed by atoms with van der Waals surface area (Å²) >= 11 is 0. The van der Waals surface area contributed by atoms with E-state index in [9.17, 15) is 27.6 Å². The molecule has 0 aliphatic heterocycles. The maximum atomic E-state index is 11.9. The van der Waals surface area contributed by atoms with E-state index in [-0.39, 0.29) is 38.4 Å². The zero-order valence-corrected chi connectivity index (χ0v) is 13.3. The Kier molecular flexibility index (Phi) is 8.41. The summed E-state index contributed by atoms with van der Waals surface area (Å²) in [5.74, 6) is -2.38. The van der Waals surface area contributed by atoms with E-state index >= 15 is 0 Å². The number of alkyl halides is 3. The van der Waals surface area contributed by atoms with Gasteiger partial charge in [0.1, 0.15) is 5.60 Å². The predicted molar refractivity (Wildman–Crippen MR) is 75.5 cm³/mol. The lowest BCUT2D eigenvalue weighted by molar-refractivity contribution is -0.173. The Morgan fingerprint density at radius 3 is 2.00 bits per heavy atom. The summed E-state index contributed by atoms with van der Waals surface area (Å²) in [6.07, 6.45) is -5.38. The van der Waals surface area contributed by atoms with E-state index in [2.05, 4.69) is 10.6 Å². The van der Waals surface area contributed by atoms with Crippen LogP contribution >= 0.6 is 0 Å². The second-order valence-corrected chi connectivity index (χ2v) is 5.64. The zero-order chi connectivity index (χ0) is 18.1. The number of hydrogen-bond acceptors (Lipinski definition) is 4. The Morgan fingerprint density at radius 2 is 1.48 bits per heavy atom. The second-order valence-electron chi connectivity index (χ2n) is 5.64. The van der Waals surface area contributed by atoms with Crippen LogP contribution in [0.1, 0.15) is 33.6 Å². The standard InChI is InChI=1S/C13H22F3N3O4/c1-12(2,3)23-11(22)19-8-5-9(20)17-6-4-7-18-10(21)13(14,15)16/h4-8H2,1-3H3,(H,17,20)(H,18,21)(H,19,22). The van der Waals surface area contributed by atoms with Gasteiger partial charge in [0.2, 0.25) is 5.91 Å². The third-order valence-electron chi connectivity index (χ3n) is 2.24. The minimum atomic E-state index is -4.91. The van der Waals surface area contributed by atoms with Crippen LogP contribution in [0.5, 0.6) is 0 Å². The fourth-order valence-corrected chi connectivity index (χ4v) is 1.30. The lowest BCUT2D eigenvalue weighted by Crippen LogP contribution is -2.38. The van der Waals surface area contributed by atoms with Gasteiger partial charge in [-0.15, -0.1) is 0 Å². The van der Waals surface area contributed by atoms with Gasteiger partial charge in [-0.25, -0.2) is 4.79 Å². The highest BCUT2D eigenvalue weighted by molar-refractivity contribution is 5.81. The maximum absolute atomic E-state index is 11.9. The van der Waals surface area contributed by atoms with Crippen molar-refractivity contribution in [2.75, 3.05) is 19.6 Å². The Bertz CT molecular complexity index is 420. The molecule has 0 unspecified atom stereocenters. The number of carbonyl (C=O) groups excluding carboxylic acids is 3. The van der Waals surface area contributed by atoms with Crippen molar-refractivity contribution < 1.29 is 32.3 Å². The molecule has 134 valence electrons. The molecular formula is C13H22F3N3O4. The third kappa shape index (κ3) is 12.2. The lowest BCUT2D eigenvalue weighted by atomic mass is 10.2. The van der Waals surface area contributed by atoms with Crippen molar-refractivity contribution >= 4 is 17.9 Å². The highest BCUT2D eigenvalue weighted by Crippen LogP contribution is 2.13. The molecule has 0 heterocycles. The number of hydrogen-bond donors (Lipinski definition) is 3. The van der Waals surface area contributed by atoms with Gasteiger partial charge in [-0.3, -0.25) is 9.59 Å². The van der Waals surface area contributed by atoms with Gasteiger partial charge < -0.3 is 20.7 Å². The zero-order valence-electron chi connectivity index (χ0n) is 13.3. The van der Waals surface area contributed by atoms with Gasteiger partial charge in [-0.1, -0.05) is 0 Å². The van der Waals surface area contributed by atoms with E-state index in [1.165, 1.54) is 0 Å². The second kappa shape index (κ2) is 9.21. The van der Waals surface area contributed by atoms with Crippen LogP contribution in [0.2, 0.25) is 0 Å². The molecule has 0 aromatic rings. The SMILES string of the molecule is CC(C)(C)OC(=O)NCCC(=O)NCCCNC(=O)C(F)(F)F. The molecule has 23 heavy (non-hydrogen) atoms. The van der Waals surface area contributed by atoms with Crippen LogP contribution in [-0.2, 0) is 14.3 Å². The Morgan fingerprint density at radius 1 is 0.913 bits per heavy atom. The third-order valence-corrected chi connectivity index (χ3v) is 2.24. The number of carbonyl (C=O) groups is 3. The Hall–Kier alpha value is -2.00. The molecule has 10 heteroatoms. The molecule has 0 saturated carbocycles. The van der Waals surface area contributed by atoms with Crippen molar-refractivity contribution in [1.82, 2.24) is 16.0 Å². The van der Waals surface area contributed by atoms with E-state index in [4.69, 9.17) is 4.74 Å². The van der Waals surface area contributed by atoms with Gasteiger partial charge in [0, 0.05) is 26.1 Å². The minimum Gasteiger partial charge on any atom is -0.444 e.